The van der Waals surface area contributed by atoms with E-state index in [2.05, 4.69) is 4.98 Å². The zero-order valence-electron chi connectivity index (χ0n) is 7.43. The van der Waals surface area contributed by atoms with Crippen molar-refractivity contribution < 1.29 is 13.2 Å². The Labute approximate surface area is 82.4 Å². The van der Waals surface area contributed by atoms with Crippen LogP contribution in [0.3, 0.4) is 0 Å². The standard InChI is InChI=1S/C10H6F3NO/c11-10(12,13)8-2-1-6-4-9(15)14-5-7(6)3-8/h1-5H,(H,14,15). The van der Waals surface area contributed by atoms with Crippen molar-refractivity contribution in [3.8, 4) is 0 Å². The van der Waals surface area contributed by atoms with Crippen molar-refractivity contribution in [3.63, 3.8) is 0 Å². The quantitative estimate of drug-likeness (QED) is 0.716. The van der Waals surface area contributed by atoms with E-state index in [0.29, 0.717) is 10.8 Å². The van der Waals surface area contributed by atoms with E-state index in [9.17, 15) is 18.0 Å². The minimum Gasteiger partial charge on any atom is -0.328 e. The van der Waals surface area contributed by atoms with Crippen molar-refractivity contribution in [1.82, 2.24) is 4.98 Å². The van der Waals surface area contributed by atoms with Crippen LogP contribution >= 0.6 is 0 Å². The first kappa shape index (κ1) is 9.76. The monoisotopic (exact) mass is 213 g/mol. The van der Waals surface area contributed by atoms with Gasteiger partial charge in [0.15, 0.2) is 0 Å². The highest BCUT2D eigenvalue weighted by atomic mass is 19.4. The number of aromatic amines is 1. The number of hydrogen-bond acceptors (Lipinski definition) is 1. The highest BCUT2D eigenvalue weighted by Gasteiger charge is 2.30. The Kier molecular flexibility index (Phi) is 2.03. The van der Waals surface area contributed by atoms with E-state index in [1.54, 1.807) is 0 Å². The van der Waals surface area contributed by atoms with E-state index in [0.717, 1.165) is 12.1 Å². The van der Waals surface area contributed by atoms with E-state index in [1.165, 1.54) is 18.3 Å². The van der Waals surface area contributed by atoms with Crippen molar-refractivity contribution in [2.45, 2.75) is 6.18 Å². The summed E-state index contributed by atoms with van der Waals surface area (Å²) in [5.74, 6) is 0. The first-order valence-electron chi connectivity index (χ1n) is 4.16. The van der Waals surface area contributed by atoms with Gasteiger partial charge in [-0.1, -0.05) is 6.07 Å². The molecule has 0 aliphatic heterocycles. The van der Waals surface area contributed by atoms with Gasteiger partial charge in [0.1, 0.15) is 0 Å². The number of fused-ring (bicyclic) bond motifs is 1. The molecule has 0 saturated heterocycles. The summed E-state index contributed by atoms with van der Waals surface area (Å²) in [6, 6.07) is 4.51. The van der Waals surface area contributed by atoms with Gasteiger partial charge in [0.25, 0.3) is 0 Å². The number of nitrogens with one attached hydrogen (secondary N) is 1. The second kappa shape index (κ2) is 3.12. The summed E-state index contributed by atoms with van der Waals surface area (Å²) in [5, 5.41) is 0.858. The molecule has 1 aromatic heterocycles. The molecule has 0 radical (unpaired) electrons. The number of aromatic nitrogens is 1. The van der Waals surface area contributed by atoms with Gasteiger partial charge in [0, 0.05) is 12.3 Å². The molecule has 5 heteroatoms. The van der Waals surface area contributed by atoms with Gasteiger partial charge in [-0.3, -0.25) is 4.79 Å². The van der Waals surface area contributed by atoms with Crippen LogP contribution in [0.25, 0.3) is 10.8 Å². The summed E-state index contributed by atoms with van der Waals surface area (Å²) in [5.41, 5.74) is -1.05. The van der Waals surface area contributed by atoms with Crippen molar-refractivity contribution in [3.05, 3.63) is 46.4 Å². The molecule has 0 aliphatic rings. The molecule has 2 nitrogen and oxygen atoms in total. The van der Waals surface area contributed by atoms with E-state index >= 15 is 0 Å². The summed E-state index contributed by atoms with van der Waals surface area (Å²) in [6.45, 7) is 0. The maximum absolute atomic E-state index is 12.3. The van der Waals surface area contributed by atoms with Gasteiger partial charge in [-0.15, -0.1) is 0 Å². The molecule has 0 spiro atoms. The number of pyridine rings is 1. The lowest BCUT2D eigenvalue weighted by Gasteiger charge is -2.06. The van der Waals surface area contributed by atoms with Gasteiger partial charge in [-0.25, -0.2) is 0 Å². The van der Waals surface area contributed by atoms with Gasteiger partial charge < -0.3 is 4.98 Å². The molecule has 0 fully saturated rings. The average molecular weight is 213 g/mol. The minimum atomic E-state index is -4.36. The highest BCUT2D eigenvalue weighted by Crippen LogP contribution is 2.30. The fourth-order valence-corrected chi connectivity index (χ4v) is 1.34. The third-order valence-corrected chi connectivity index (χ3v) is 2.07. The number of H-pyrrole nitrogens is 1. The first-order chi connectivity index (χ1) is 6.97. The highest BCUT2D eigenvalue weighted by molar-refractivity contribution is 5.82. The molecule has 0 aliphatic carbocycles. The minimum absolute atomic E-state index is 0.331. The molecule has 0 unspecified atom stereocenters. The van der Waals surface area contributed by atoms with Gasteiger partial charge in [0.2, 0.25) is 5.56 Å². The molecule has 1 aromatic carbocycles. The molecule has 0 atom stereocenters. The van der Waals surface area contributed by atoms with Crippen molar-refractivity contribution in [1.29, 1.82) is 0 Å². The number of benzene rings is 1. The second-order valence-corrected chi connectivity index (χ2v) is 3.14. The van der Waals surface area contributed by atoms with Crippen molar-refractivity contribution in [2.24, 2.45) is 0 Å². The van der Waals surface area contributed by atoms with Crippen LogP contribution in [0.2, 0.25) is 0 Å². The molecule has 1 N–H and O–H groups in total. The predicted octanol–water partition coefficient (Wildman–Crippen LogP) is 2.55. The Hall–Kier alpha value is -1.78. The lowest BCUT2D eigenvalue weighted by atomic mass is 10.1. The zero-order chi connectivity index (χ0) is 11.1. The van der Waals surface area contributed by atoms with E-state index in [-0.39, 0.29) is 5.56 Å². The molecule has 15 heavy (non-hydrogen) atoms. The van der Waals surface area contributed by atoms with Gasteiger partial charge in [0.05, 0.1) is 5.56 Å². The SMILES string of the molecule is O=c1cc2ccc(C(F)(F)F)cc2c[nH]1. The Bertz CT molecular complexity index is 556. The number of hydrogen-bond donors (Lipinski definition) is 1. The first-order valence-corrected chi connectivity index (χ1v) is 4.16. The molecule has 0 saturated carbocycles. The van der Waals surface area contributed by atoms with Crippen LogP contribution in [-0.4, -0.2) is 4.98 Å². The molecule has 78 valence electrons. The Morgan fingerprint density at radius 2 is 1.80 bits per heavy atom. The normalized spacial score (nSPS) is 11.9. The summed E-state index contributed by atoms with van der Waals surface area (Å²) in [7, 11) is 0. The van der Waals surface area contributed by atoms with Crippen LogP contribution < -0.4 is 5.56 Å². The molecule has 1 heterocycles. The number of halogens is 3. The molecule has 2 aromatic rings. The second-order valence-electron chi connectivity index (χ2n) is 3.14. The van der Waals surface area contributed by atoms with E-state index in [1.807, 2.05) is 0 Å². The van der Waals surface area contributed by atoms with Crippen LogP contribution in [0.15, 0.2) is 35.3 Å². The van der Waals surface area contributed by atoms with E-state index in [4.69, 9.17) is 0 Å². The summed E-state index contributed by atoms with van der Waals surface area (Å²) in [6.07, 6.45) is -3.09. The zero-order valence-corrected chi connectivity index (χ0v) is 7.43. The van der Waals surface area contributed by atoms with Gasteiger partial charge >= 0.3 is 6.18 Å². The van der Waals surface area contributed by atoms with Crippen LogP contribution in [0.5, 0.6) is 0 Å². The third kappa shape index (κ3) is 1.86. The number of alkyl halides is 3. The van der Waals surface area contributed by atoms with Crippen LogP contribution in [0.1, 0.15) is 5.56 Å². The smallest absolute Gasteiger partial charge is 0.328 e. The molecule has 0 bridgehead atoms. The maximum Gasteiger partial charge on any atom is 0.416 e. The Balaban J connectivity index is 2.67. The lowest BCUT2D eigenvalue weighted by molar-refractivity contribution is -0.137. The molecule has 0 amide bonds. The van der Waals surface area contributed by atoms with Crippen LogP contribution in [-0.2, 0) is 6.18 Å². The van der Waals surface area contributed by atoms with Gasteiger partial charge in [-0.05, 0) is 22.9 Å². The Morgan fingerprint density at radius 1 is 1.07 bits per heavy atom. The Morgan fingerprint density at radius 3 is 2.47 bits per heavy atom. The molecule has 2 rings (SSSR count). The largest absolute Gasteiger partial charge is 0.416 e. The lowest BCUT2D eigenvalue weighted by Crippen LogP contribution is -2.06. The molecular formula is C10H6F3NO. The van der Waals surface area contributed by atoms with Crippen molar-refractivity contribution >= 4 is 10.8 Å². The van der Waals surface area contributed by atoms with Crippen LogP contribution in [0, 0.1) is 0 Å². The van der Waals surface area contributed by atoms with Gasteiger partial charge in [-0.2, -0.15) is 13.2 Å². The fourth-order valence-electron chi connectivity index (χ4n) is 1.34. The fraction of sp³-hybridized carbons (Fsp3) is 0.100. The topological polar surface area (TPSA) is 32.9 Å². The van der Waals surface area contributed by atoms with Crippen molar-refractivity contribution in [2.75, 3.05) is 0 Å². The molecular weight excluding hydrogens is 207 g/mol. The average Bonchev–Trinajstić information content (AvgIpc) is 2.15. The maximum atomic E-state index is 12.3. The predicted molar refractivity (Wildman–Crippen MR) is 49.6 cm³/mol. The summed E-state index contributed by atoms with van der Waals surface area (Å²) >= 11 is 0. The summed E-state index contributed by atoms with van der Waals surface area (Å²) in [4.78, 5) is 13.2. The van der Waals surface area contributed by atoms with E-state index < -0.39 is 11.7 Å². The van der Waals surface area contributed by atoms with Crippen LogP contribution in [0.4, 0.5) is 13.2 Å². The number of rotatable bonds is 0. The summed E-state index contributed by atoms with van der Waals surface area (Å²) < 4.78 is 37.0. The third-order valence-electron chi connectivity index (χ3n) is 2.07.